The molecule has 1 aromatic carbocycles. The van der Waals surface area contributed by atoms with Gasteiger partial charge in [0, 0.05) is 18.7 Å². The fraction of sp³-hybridized carbons (Fsp3) is 0.385. The Kier molecular flexibility index (Phi) is 6.66. The molecule has 7 heteroatoms. The smallest absolute Gasteiger partial charge is 0.319 e. The SMILES string of the molecule is CCOc1ccc(NC(=O)NCCCC(=O)O)cc1Cl. The molecule has 0 radical (unpaired) electrons. The van der Waals surface area contributed by atoms with Crippen molar-refractivity contribution in [3.63, 3.8) is 0 Å². The molecule has 1 rings (SSSR count). The molecule has 0 saturated heterocycles. The summed E-state index contributed by atoms with van der Waals surface area (Å²) >= 11 is 5.99. The van der Waals surface area contributed by atoms with Crippen molar-refractivity contribution in [1.82, 2.24) is 5.32 Å². The fourth-order valence-corrected chi connectivity index (χ4v) is 1.70. The summed E-state index contributed by atoms with van der Waals surface area (Å²) in [5.74, 6) is -0.327. The van der Waals surface area contributed by atoms with Crippen molar-refractivity contribution in [3.8, 4) is 5.75 Å². The average molecular weight is 301 g/mol. The van der Waals surface area contributed by atoms with Crippen LogP contribution in [0.15, 0.2) is 18.2 Å². The van der Waals surface area contributed by atoms with Gasteiger partial charge < -0.3 is 20.5 Å². The molecule has 6 nitrogen and oxygen atoms in total. The molecule has 0 aliphatic heterocycles. The second-order valence-corrected chi connectivity index (χ2v) is 4.36. The third-order valence-corrected chi connectivity index (χ3v) is 2.64. The van der Waals surface area contributed by atoms with Crippen LogP contribution in [0.2, 0.25) is 5.02 Å². The third-order valence-electron chi connectivity index (χ3n) is 2.34. The normalized spacial score (nSPS) is 9.90. The number of urea groups is 1. The molecular weight excluding hydrogens is 284 g/mol. The number of hydrogen-bond donors (Lipinski definition) is 3. The number of carboxylic acid groups (broad SMARTS) is 1. The zero-order valence-electron chi connectivity index (χ0n) is 11.1. The summed E-state index contributed by atoms with van der Waals surface area (Å²) in [7, 11) is 0. The first-order chi connectivity index (χ1) is 9.52. The molecule has 0 aliphatic carbocycles. The highest BCUT2D eigenvalue weighted by Crippen LogP contribution is 2.27. The van der Waals surface area contributed by atoms with Gasteiger partial charge in [-0.15, -0.1) is 0 Å². The predicted octanol–water partition coefficient (Wildman–Crippen LogP) is 2.73. The van der Waals surface area contributed by atoms with Gasteiger partial charge in [0.15, 0.2) is 0 Å². The molecule has 0 fully saturated rings. The number of benzene rings is 1. The first-order valence-electron chi connectivity index (χ1n) is 6.22. The number of nitrogens with one attached hydrogen (secondary N) is 2. The van der Waals surface area contributed by atoms with E-state index in [9.17, 15) is 9.59 Å². The maximum atomic E-state index is 11.5. The molecule has 0 spiro atoms. The Morgan fingerprint density at radius 2 is 2.15 bits per heavy atom. The van der Waals surface area contributed by atoms with Crippen LogP contribution in [0.25, 0.3) is 0 Å². The van der Waals surface area contributed by atoms with Gasteiger partial charge in [-0.3, -0.25) is 4.79 Å². The minimum atomic E-state index is -0.884. The lowest BCUT2D eigenvalue weighted by molar-refractivity contribution is -0.137. The number of anilines is 1. The first-order valence-corrected chi connectivity index (χ1v) is 6.59. The molecular formula is C13H17ClN2O4. The van der Waals surface area contributed by atoms with E-state index < -0.39 is 12.0 Å². The number of carboxylic acids is 1. The number of halogens is 1. The highest BCUT2D eigenvalue weighted by Gasteiger charge is 2.06. The van der Waals surface area contributed by atoms with Gasteiger partial charge in [0.25, 0.3) is 0 Å². The van der Waals surface area contributed by atoms with Crippen molar-refractivity contribution in [2.24, 2.45) is 0 Å². The Hall–Kier alpha value is -1.95. The van der Waals surface area contributed by atoms with Crippen molar-refractivity contribution < 1.29 is 19.4 Å². The minimum absolute atomic E-state index is 0.0230. The van der Waals surface area contributed by atoms with E-state index in [1.54, 1.807) is 18.2 Å². The Morgan fingerprint density at radius 3 is 2.75 bits per heavy atom. The van der Waals surface area contributed by atoms with E-state index in [-0.39, 0.29) is 6.42 Å². The van der Waals surface area contributed by atoms with Crippen LogP contribution in [-0.4, -0.2) is 30.3 Å². The second kappa shape index (κ2) is 8.27. The first kappa shape index (κ1) is 16.1. The van der Waals surface area contributed by atoms with Gasteiger partial charge in [-0.25, -0.2) is 4.79 Å². The van der Waals surface area contributed by atoms with Crippen LogP contribution in [0.4, 0.5) is 10.5 Å². The average Bonchev–Trinajstić information content (AvgIpc) is 2.38. The molecule has 110 valence electrons. The summed E-state index contributed by atoms with van der Waals surface area (Å²) in [4.78, 5) is 21.8. The molecule has 0 bridgehead atoms. The van der Waals surface area contributed by atoms with Crippen molar-refractivity contribution in [2.45, 2.75) is 19.8 Å². The van der Waals surface area contributed by atoms with E-state index in [2.05, 4.69) is 10.6 Å². The van der Waals surface area contributed by atoms with Gasteiger partial charge in [0.05, 0.1) is 11.6 Å². The summed E-state index contributed by atoms with van der Waals surface area (Å²) < 4.78 is 5.28. The lowest BCUT2D eigenvalue weighted by atomic mass is 10.3. The molecule has 0 unspecified atom stereocenters. The van der Waals surface area contributed by atoms with Crippen LogP contribution in [0, 0.1) is 0 Å². The predicted molar refractivity (Wildman–Crippen MR) is 76.5 cm³/mol. The standard InChI is InChI=1S/C13H17ClN2O4/c1-2-20-11-6-5-9(8-10(11)14)16-13(19)15-7-3-4-12(17)18/h5-6,8H,2-4,7H2,1H3,(H,17,18)(H2,15,16,19). The molecule has 20 heavy (non-hydrogen) atoms. The van der Waals surface area contributed by atoms with Crippen molar-refractivity contribution >= 4 is 29.3 Å². The number of rotatable bonds is 7. The van der Waals surface area contributed by atoms with Crippen LogP contribution in [-0.2, 0) is 4.79 Å². The van der Waals surface area contributed by atoms with E-state index >= 15 is 0 Å². The maximum absolute atomic E-state index is 11.5. The van der Waals surface area contributed by atoms with E-state index in [0.717, 1.165) is 0 Å². The Balaban J connectivity index is 2.42. The minimum Gasteiger partial charge on any atom is -0.492 e. The highest BCUT2D eigenvalue weighted by molar-refractivity contribution is 6.32. The molecule has 0 saturated carbocycles. The van der Waals surface area contributed by atoms with Crippen LogP contribution < -0.4 is 15.4 Å². The summed E-state index contributed by atoms with van der Waals surface area (Å²) in [6.07, 6.45) is 0.405. The quantitative estimate of drug-likeness (QED) is 0.676. The van der Waals surface area contributed by atoms with Crippen LogP contribution >= 0.6 is 11.6 Å². The number of carbonyl (C=O) groups excluding carboxylic acids is 1. The van der Waals surface area contributed by atoms with E-state index in [4.69, 9.17) is 21.4 Å². The largest absolute Gasteiger partial charge is 0.492 e. The van der Waals surface area contributed by atoms with Crippen molar-refractivity contribution in [1.29, 1.82) is 0 Å². The molecule has 0 aromatic heterocycles. The van der Waals surface area contributed by atoms with E-state index in [0.29, 0.717) is 36.0 Å². The third kappa shape index (κ3) is 5.79. The van der Waals surface area contributed by atoms with E-state index in [1.807, 2.05) is 6.92 Å². The number of aliphatic carboxylic acids is 1. The lowest BCUT2D eigenvalue weighted by Crippen LogP contribution is -2.29. The van der Waals surface area contributed by atoms with Crippen molar-refractivity contribution in [2.75, 3.05) is 18.5 Å². The Morgan fingerprint density at radius 1 is 1.40 bits per heavy atom. The zero-order valence-corrected chi connectivity index (χ0v) is 11.9. The van der Waals surface area contributed by atoms with Crippen molar-refractivity contribution in [3.05, 3.63) is 23.2 Å². The van der Waals surface area contributed by atoms with Crippen LogP contribution in [0.1, 0.15) is 19.8 Å². The zero-order chi connectivity index (χ0) is 15.0. The van der Waals surface area contributed by atoms with Gasteiger partial charge in [-0.1, -0.05) is 11.6 Å². The number of ether oxygens (including phenoxy) is 1. The molecule has 2 amide bonds. The molecule has 0 heterocycles. The van der Waals surface area contributed by atoms with Crippen LogP contribution in [0.5, 0.6) is 5.75 Å². The second-order valence-electron chi connectivity index (χ2n) is 3.96. The molecule has 3 N–H and O–H groups in total. The fourth-order valence-electron chi connectivity index (χ4n) is 1.47. The van der Waals surface area contributed by atoms with Gasteiger partial charge >= 0.3 is 12.0 Å². The van der Waals surface area contributed by atoms with Gasteiger partial charge in [0.1, 0.15) is 5.75 Å². The number of amides is 2. The Bertz CT molecular complexity index is 479. The summed E-state index contributed by atoms with van der Waals surface area (Å²) in [6.45, 7) is 2.66. The van der Waals surface area contributed by atoms with Gasteiger partial charge in [-0.05, 0) is 31.5 Å². The highest BCUT2D eigenvalue weighted by atomic mass is 35.5. The Labute approximate surface area is 122 Å². The summed E-state index contributed by atoms with van der Waals surface area (Å²) in [5, 5.41) is 14.0. The number of carbonyl (C=O) groups is 2. The van der Waals surface area contributed by atoms with Gasteiger partial charge in [-0.2, -0.15) is 0 Å². The summed E-state index contributed by atoms with van der Waals surface area (Å²) in [5.41, 5.74) is 0.536. The van der Waals surface area contributed by atoms with Gasteiger partial charge in [0.2, 0.25) is 0 Å². The monoisotopic (exact) mass is 300 g/mol. The molecule has 0 atom stereocenters. The van der Waals surface area contributed by atoms with Crippen LogP contribution in [0.3, 0.4) is 0 Å². The topological polar surface area (TPSA) is 87.7 Å². The number of hydrogen-bond acceptors (Lipinski definition) is 3. The molecule has 1 aromatic rings. The lowest BCUT2D eigenvalue weighted by Gasteiger charge is -2.10. The molecule has 0 aliphatic rings. The van der Waals surface area contributed by atoms with E-state index in [1.165, 1.54) is 0 Å². The maximum Gasteiger partial charge on any atom is 0.319 e. The summed E-state index contributed by atoms with van der Waals surface area (Å²) in [6, 6.07) is 4.53.